The predicted octanol–water partition coefficient (Wildman–Crippen LogP) is 2.21. The number of thiazole rings is 1. The van der Waals surface area contributed by atoms with E-state index < -0.39 is 0 Å². The Hall–Kier alpha value is -1.42. The van der Waals surface area contributed by atoms with Gasteiger partial charge in [-0.25, -0.2) is 4.98 Å². The molecule has 0 aliphatic carbocycles. The van der Waals surface area contributed by atoms with Crippen molar-refractivity contribution in [3.05, 3.63) is 40.7 Å². The summed E-state index contributed by atoms with van der Waals surface area (Å²) in [4.78, 5) is 9.57. The van der Waals surface area contributed by atoms with E-state index in [4.69, 9.17) is 5.73 Å². The topological polar surface area (TPSA) is 51.8 Å². The average Bonchev–Trinajstić information content (AvgIpc) is 2.56. The van der Waals surface area contributed by atoms with Crippen molar-refractivity contribution < 1.29 is 0 Å². The van der Waals surface area contributed by atoms with Crippen LogP contribution in [0.25, 0.3) is 0 Å². The van der Waals surface area contributed by atoms with Crippen LogP contribution in [-0.4, -0.2) is 9.97 Å². The van der Waals surface area contributed by atoms with Crippen LogP contribution >= 0.6 is 11.3 Å². The Morgan fingerprint density at radius 1 is 1.40 bits per heavy atom. The normalized spacial score (nSPS) is 10.5. The lowest BCUT2D eigenvalue weighted by Crippen LogP contribution is -1.91. The summed E-state index contributed by atoms with van der Waals surface area (Å²) in [6, 6.07) is 4.05. The number of nitrogen functional groups attached to an aromatic ring is 1. The third-order valence-electron chi connectivity index (χ3n) is 2.27. The summed E-state index contributed by atoms with van der Waals surface area (Å²) in [5.74, 6) is 0. The average molecular weight is 219 g/mol. The van der Waals surface area contributed by atoms with Gasteiger partial charge in [-0.3, -0.25) is 4.98 Å². The monoisotopic (exact) mass is 219 g/mol. The SMILES string of the molecule is Cc1nc(N)sc1CCc1cccnc1. The van der Waals surface area contributed by atoms with Crippen LogP contribution in [0.1, 0.15) is 16.1 Å². The molecule has 0 saturated heterocycles. The van der Waals surface area contributed by atoms with E-state index in [0.717, 1.165) is 18.5 Å². The van der Waals surface area contributed by atoms with E-state index in [9.17, 15) is 0 Å². The lowest BCUT2D eigenvalue weighted by atomic mass is 10.1. The fourth-order valence-electron chi connectivity index (χ4n) is 1.49. The molecule has 0 unspecified atom stereocenters. The van der Waals surface area contributed by atoms with Crippen molar-refractivity contribution in [1.82, 2.24) is 9.97 Å². The Bertz CT molecular complexity index is 436. The number of aryl methyl sites for hydroxylation is 3. The van der Waals surface area contributed by atoms with Gasteiger partial charge in [0.15, 0.2) is 5.13 Å². The van der Waals surface area contributed by atoms with Crippen LogP contribution in [0.3, 0.4) is 0 Å². The second-order valence-corrected chi connectivity index (χ2v) is 4.54. The highest BCUT2D eigenvalue weighted by molar-refractivity contribution is 7.15. The zero-order valence-electron chi connectivity index (χ0n) is 8.60. The molecule has 0 radical (unpaired) electrons. The van der Waals surface area contributed by atoms with E-state index in [0.29, 0.717) is 5.13 Å². The number of aromatic nitrogens is 2. The highest BCUT2D eigenvalue weighted by atomic mass is 32.1. The first-order valence-corrected chi connectivity index (χ1v) is 5.68. The molecule has 0 aromatic carbocycles. The minimum Gasteiger partial charge on any atom is -0.375 e. The van der Waals surface area contributed by atoms with Crippen molar-refractivity contribution in [3.63, 3.8) is 0 Å². The number of anilines is 1. The number of rotatable bonds is 3. The van der Waals surface area contributed by atoms with Crippen LogP contribution in [0.5, 0.6) is 0 Å². The Balaban J connectivity index is 2.02. The smallest absolute Gasteiger partial charge is 0.180 e. The molecular formula is C11H13N3S. The highest BCUT2D eigenvalue weighted by Gasteiger charge is 2.05. The molecule has 4 heteroatoms. The Kier molecular flexibility index (Phi) is 2.97. The first-order chi connectivity index (χ1) is 7.25. The van der Waals surface area contributed by atoms with Crippen LogP contribution in [0.2, 0.25) is 0 Å². The zero-order valence-corrected chi connectivity index (χ0v) is 9.42. The van der Waals surface area contributed by atoms with E-state index in [1.807, 2.05) is 19.2 Å². The second kappa shape index (κ2) is 4.40. The van der Waals surface area contributed by atoms with Gasteiger partial charge in [0.2, 0.25) is 0 Å². The lowest BCUT2D eigenvalue weighted by molar-refractivity contribution is 0.952. The summed E-state index contributed by atoms with van der Waals surface area (Å²) in [7, 11) is 0. The molecule has 0 atom stereocenters. The fraction of sp³-hybridized carbons (Fsp3) is 0.273. The van der Waals surface area contributed by atoms with Crippen molar-refractivity contribution in [2.75, 3.05) is 5.73 Å². The fourth-order valence-corrected chi connectivity index (χ4v) is 2.32. The Labute approximate surface area is 93.0 Å². The van der Waals surface area contributed by atoms with Gasteiger partial charge in [0.25, 0.3) is 0 Å². The Morgan fingerprint density at radius 2 is 2.27 bits per heavy atom. The van der Waals surface area contributed by atoms with Crippen LogP contribution in [0, 0.1) is 6.92 Å². The largest absolute Gasteiger partial charge is 0.375 e. The quantitative estimate of drug-likeness (QED) is 0.861. The number of pyridine rings is 1. The molecule has 0 aliphatic rings. The number of nitrogens with zero attached hydrogens (tertiary/aromatic N) is 2. The summed E-state index contributed by atoms with van der Waals surface area (Å²) in [6.45, 7) is 2.01. The maximum absolute atomic E-state index is 5.64. The first kappa shape index (κ1) is 10.1. The molecular weight excluding hydrogens is 206 g/mol. The molecule has 15 heavy (non-hydrogen) atoms. The van der Waals surface area contributed by atoms with E-state index in [2.05, 4.69) is 16.0 Å². The van der Waals surface area contributed by atoms with Gasteiger partial charge < -0.3 is 5.73 Å². The summed E-state index contributed by atoms with van der Waals surface area (Å²) in [5, 5.41) is 0.661. The molecule has 2 rings (SSSR count). The van der Waals surface area contributed by atoms with E-state index in [1.54, 1.807) is 17.5 Å². The zero-order chi connectivity index (χ0) is 10.7. The van der Waals surface area contributed by atoms with Crippen LogP contribution in [0.4, 0.5) is 5.13 Å². The molecule has 2 N–H and O–H groups in total. The van der Waals surface area contributed by atoms with E-state index >= 15 is 0 Å². The van der Waals surface area contributed by atoms with E-state index in [-0.39, 0.29) is 0 Å². The van der Waals surface area contributed by atoms with Crippen molar-refractivity contribution in [2.24, 2.45) is 0 Å². The van der Waals surface area contributed by atoms with Gasteiger partial charge in [0.05, 0.1) is 5.69 Å². The molecule has 0 saturated carbocycles. The van der Waals surface area contributed by atoms with Gasteiger partial charge in [0, 0.05) is 17.3 Å². The third kappa shape index (κ3) is 2.53. The molecule has 3 nitrogen and oxygen atoms in total. The van der Waals surface area contributed by atoms with Gasteiger partial charge >= 0.3 is 0 Å². The minimum absolute atomic E-state index is 0.661. The van der Waals surface area contributed by atoms with Crippen LogP contribution < -0.4 is 5.73 Å². The maximum Gasteiger partial charge on any atom is 0.180 e. The molecule has 0 amide bonds. The van der Waals surface area contributed by atoms with Gasteiger partial charge in [-0.05, 0) is 31.4 Å². The second-order valence-electron chi connectivity index (χ2n) is 3.42. The van der Waals surface area contributed by atoms with Crippen molar-refractivity contribution in [3.8, 4) is 0 Å². The molecule has 2 heterocycles. The predicted molar refractivity (Wildman–Crippen MR) is 62.9 cm³/mol. The minimum atomic E-state index is 0.661. The summed E-state index contributed by atoms with van der Waals surface area (Å²) >= 11 is 1.58. The van der Waals surface area contributed by atoms with Gasteiger partial charge in [0.1, 0.15) is 0 Å². The summed E-state index contributed by atoms with van der Waals surface area (Å²) in [6.07, 6.45) is 5.68. The number of hydrogen-bond donors (Lipinski definition) is 1. The standard InChI is InChI=1S/C11H13N3S/c1-8-10(15-11(12)14-8)5-4-9-3-2-6-13-7-9/h2-3,6-7H,4-5H2,1H3,(H2,12,14). The highest BCUT2D eigenvalue weighted by Crippen LogP contribution is 2.21. The molecule has 78 valence electrons. The molecule has 2 aromatic heterocycles. The molecule has 0 spiro atoms. The number of nitrogens with two attached hydrogens (primary N) is 1. The number of hydrogen-bond acceptors (Lipinski definition) is 4. The van der Waals surface area contributed by atoms with Crippen molar-refractivity contribution in [1.29, 1.82) is 0 Å². The molecule has 0 fully saturated rings. The molecule has 0 aliphatic heterocycles. The summed E-state index contributed by atoms with van der Waals surface area (Å²) < 4.78 is 0. The van der Waals surface area contributed by atoms with Gasteiger partial charge in [-0.2, -0.15) is 0 Å². The summed E-state index contributed by atoms with van der Waals surface area (Å²) in [5.41, 5.74) is 7.95. The third-order valence-corrected chi connectivity index (χ3v) is 3.32. The van der Waals surface area contributed by atoms with Crippen LogP contribution in [0.15, 0.2) is 24.5 Å². The molecule has 2 aromatic rings. The lowest BCUT2D eigenvalue weighted by Gasteiger charge is -1.98. The first-order valence-electron chi connectivity index (χ1n) is 4.86. The van der Waals surface area contributed by atoms with Gasteiger partial charge in [-0.15, -0.1) is 11.3 Å². The van der Waals surface area contributed by atoms with Gasteiger partial charge in [-0.1, -0.05) is 6.07 Å². The van der Waals surface area contributed by atoms with E-state index in [1.165, 1.54) is 10.4 Å². The van der Waals surface area contributed by atoms with Crippen LogP contribution in [-0.2, 0) is 12.8 Å². The van der Waals surface area contributed by atoms with Crippen molar-refractivity contribution in [2.45, 2.75) is 19.8 Å². The van der Waals surface area contributed by atoms with Crippen molar-refractivity contribution >= 4 is 16.5 Å². The maximum atomic E-state index is 5.64. The Morgan fingerprint density at radius 3 is 2.87 bits per heavy atom. The molecule has 0 bridgehead atoms.